The molecule has 0 aliphatic rings. The topological polar surface area (TPSA) is 55.2 Å². The van der Waals surface area contributed by atoms with Crippen molar-refractivity contribution in [3.63, 3.8) is 0 Å². The Morgan fingerprint density at radius 2 is 2.36 bits per heavy atom. The molecule has 14 heavy (non-hydrogen) atoms. The van der Waals surface area contributed by atoms with Crippen LogP contribution in [0, 0.1) is 0 Å². The van der Waals surface area contributed by atoms with E-state index in [4.69, 9.17) is 4.74 Å². The first-order valence-corrected chi connectivity index (χ1v) is 4.32. The molecule has 1 heterocycles. The minimum Gasteiger partial charge on any atom is -0.481 e. The van der Waals surface area contributed by atoms with Crippen LogP contribution >= 0.6 is 0 Å². The molecule has 0 saturated carbocycles. The highest BCUT2D eigenvalue weighted by atomic mass is 16.5. The maximum atomic E-state index is 9.70. The van der Waals surface area contributed by atoms with E-state index in [1.807, 2.05) is 6.92 Å². The fraction of sp³-hybridized carbons (Fsp3) is 0.400. The first kappa shape index (κ1) is 10.7. The van der Waals surface area contributed by atoms with E-state index in [1.165, 1.54) is 13.4 Å². The number of hydrogen-bond donors (Lipinski definition) is 1. The van der Waals surface area contributed by atoms with Crippen molar-refractivity contribution in [2.75, 3.05) is 7.11 Å². The zero-order chi connectivity index (χ0) is 10.6. The van der Waals surface area contributed by atoms with Gasteiger partial charge in [-0.2, -0.15) is 0 Å². The minimum atomic E-state index is -0.635. The number of ether oxygens (including phenoxy) is 1. The lowest BCUT2D eigenvalue weighted by molar-refractivity contribution is 0.173. The molecule has 0 radical (unpaired) electrons. The first-order valence-electron chi connectivity index (χ1n) is 4.32. The third-order valence-corrected chi connectivity index (χ3v) is 1.76. The Labute approximate surface area is 83.3 Å². The second-order valence-corrected chi connectivity index (χ2v) is 3.16. The van der Waals surface area contributed by atoms with Gasteiger partial charge in [-0.3, -0.25) is 0 Å². The maximum absolute atomic E-state index is 9.70. The summed E-state index contributed by atoms with van der Waals surface area (Å²) in [6.07, 6.45) is 1.24. The molecule has 0 aliphatic heterocycles. The van der Waals surface area contributed by atoms with Gasteiger partial charge in [0.25, 0.3) is 0 Å². The van der Waals surface area contributed by atoms with Gasteiger partial charge in [-0.05, 0) is 13.3 Å². The van der Waals surface area contributed by atoms with Crippen molar-refractivity contribution in [3.05, 3.63) is 30.2 Å². The van der Waals surface area contributed by atoms with E-state index in [-0.39, 0.29) is 0 Å². The summed E-state index contributed by atoms with van der Waals surface area (Å²) in [4.78, 5) is 7.81. The summed E-state index contributed by atoms with van der Waals surface area (Å²) in [5.41, 5.74) is 1.47. The van der Waals surface area contributed by atoms with Crippen molar-refractivity contribution in [1.82, 2.24) is 9.97 Å². The zero-order valence-electron chi connectivity index (χ0n) is 8.40. The van der Waals surface area contributed by atoms with E-state index in [9.17, 15) is 5.11 Å². The van der Waals surface area contributed by atoms with Crippen molar-refractivity contribution in [3.8, 4) is 5.88 Å². The van der Waals surface area contributed by atoms with Crippen LogP contribution < -0.4 is 4.74 Å². The summed E-state index contributed by atoms with van der Waals surface area (Å²) < 4.78 is 4.93. The van der Waals surface area contributed by atoms with Crippen molar-refractivity contribution >= 4 is 0 Å². The SMILES string of the molecule is C=C(C)CC(O)c1cc(OC)ncn1. The van der Waals surface area contributed by atoms with Gasteiger partial charge in [0.15, 0.2) is 0 Å². The van der Waals surface area contributed by atoms with Gasteiger partial charge in [-0.1, -0.05) is 5.57 Å². The van der Waals surface area contributed by atoms with Crippen LogP contribution in [0.5, 0.6) is 5.88 Å². The van der Waals surface area contributed by atoms with Crippen LogP contribution in [-0.2, 0) is 0 Å². The van der Waals surface area contributed by atoms with Crippen LogP contribution in [0.15, 0.2) is 24.5 Å². The van der Waals surface area contributed by atoms with Crippen LogP contribution in [0.2, 0.25) is 0 Å². The fourth-order valence-electron chi connectivity index (χ4n) is 1.08. The monoisotopic (exact) mass is 194 g/mol. The van der Waals surface area contributed by atoms with Gasteiger partial charge >= 0.3 is 0 Å². The smallest absolute Gasteiger partial charge is 0.216 e. The van der Waals surface area contributed by atoms with Crippen molar-refractivity contribution < 1.29 is 9.84 Å². The van der Waals surface area contributed by atoms with Gasteiger partial charge in [0.2, 0.25) is 5.88 Å². The minimum absolute atomic E-state index is 0.454. The highest BCUT2D eigenvalue weighted by Gasteiger charge is 2.10. The van der Waals surface area contributed by atoms with E-state index in [0.717, 1.165) is 5.57 Å². The van der Waals surface area contributed by atoms with Gasteiger partial charge in [-0.25, -0.2) is 9.97 Å². The highest BCUT2D eigenvalue weighted by molar-refractivity contribution is 5.16. The first-order chi connectivity index (χ1) is 6.63. The van der Waals surface area contributed by atoms with E-state index in [1.54, 1.807) is 6.07 Å². The molecular weight excluding hydrogens is 180 g/mol. The van der Waals surface area contributed by atoms with Crippen LogP contribution in [0.3, 0.4) is 0 Å². The molecule has 0 spiro atoms. The number of methoxy groups -OCH3 is 1. The molecule has 4 heteroatoms. The van der Waals surface area contributed by atoms with E-state index in [0.29, 0.717) is 18.0 Å². The average molecular weight is 194 g/mol. The molecule has 1 N–H and O–H groups in total. The summed E-state index contributed by atoms with van der Waals surface area (Å²) in [6, 6.07) is 1.62. The fourth-order valence-corrected chi connectivity index (χ4v) is 1.08. The molecule has 1 atom stereocenters. The Kier molecular flexibility index (Phi) is 3.59. The van der Waals surface area contributed by atoms with Crippen molar-refractivity contribution in [1.29, 1.82) is 0 Å². The average Bonchev–Trinajstić information content (AvgIpc) is 2.17. The van der Waals surface area contributed by atoms with E-state index >= 15 is 0 Å². The summed E-state index contributed by atoms with van der Waals surface area (Å²) in [6.45, 7) is 5.59. The normalized spacial score (nSPS) is 12.2. The second kappa shape index (κ2) is 4.72. The number of aliphatic hydroxyl groups excluding tert-OH is 1. The van der Waals surface area contributed by atoms with E-state index in [2.05, 4.69) is 16.5 Å². The third-order valence-electron chi connectivity index (χ3n) is 1.76. The summed E-state index contributed by atoms with van der Waals surface area (Å²) >= 11 is 0. The molecule has 0 amide bonds. The molecule has 1 rings (SSSR count). The number of rotatable bonds is 4. The molecule has 0 aliphatic carbocycles. The number of aromatic nitrogens is 2. The van der Waals surface area contributed by atoms with Crippen LogP contribution in [0.1, 0.15) is 25.1 Å². The molecule has 1 unspecified atom stereocenters. The molecule has 1 aromatic heterocycles. The Bertz CT molecular complexity index is 326. The number of nitrogens with zero attached hydrogens (tertiary/aromatic N) is 2. The predicted octanol–water partition coefficient (Wildman–Crippen LogP) is 1.48. The van der Waals surface area contributed by atoms with Crippen LogP contribution in [0.25, 0.3) is 0 Å². The number of aliphatic hydroxyl groups is 1. The largest absolute Gasteiger partial charge is 0.481 e. The summed E-state index contributed by atoms with van der Waals surface area (Å²) in [5.74, 6) is 0.454. The quantitative estimate of drug-likeness (QED) is 0.738. The molecule has 0 aromatic carbocycles. The lowest BCUT2D eigenvalue weighted by Gasteiger charge is -2.09. The van der Waals surface area contributed by atoms with Gasteiger partial charge < -0.3 is 9.84 Å². The zero-order valence-corrected chi connectivity index (χ0v) is 8.40. The molecule has 76 valence electrons. The standard InChI is InChI=1S/C10H14N2O2/c1-7(2)4-9(13)8-5-10(14-3)12-6-11-8/h5-6,9,13H,1,4H2,2-3H3. The maximum Gasteiger partial charge on any atom is 0.216 e. The Morgan fingerprint density at radius 3 is 2.93 bits per heavy atom. The molecule has 4 nitrogen and oxygen atoms in total. The van der Waals surface area contributed by atoms with Crippen molar-refractivity contribution in [2.24, 2.45) is 0 Å². The molecule has 0 fully saturated rings. The van der Waals surface area contributed by atoms with Crippen LogP contribution in [0.4, 0.5) is 0 Å². The van der Waals surface area contributed by atoms with E-state index < -0.39 is 6.10 Å². The summed E-state index contributed by atoms with van der Waals surface area (Å²) in [7, 11) is 1.53. The molecule has 0 bridgehead atoms. The third kappa shape index (κ3) is 2.81. The second-order valence-electron chi connectivity index (χ2n) is 3.16. The van der Waals surface area contributed by atoms with Gasteiger partial charge in [0.1, 0.15) is 6.33 Å². The van der Waals surface area contributed by atoms with Gasteiger partial charge in [0, 0.05) is 6.07 Å². The Hall–Kier alpha value is -1.42. The lowest BCUT2D eigenvalue weighted by atomic mass is 10.1. The lowest BCUT2D eigenvalue weighted by Crippen LogP contribution is -2.02. The van der Waals surface area contributed by atoms with Gasteiger partial charge in [0.05, 0.1) is 18.9 Å². The van der Waals surface area contributed by atoms with Crippen molar-refractivity contribution in [2.45, 2.75) is 19.4 Å². The molecule has 1 aromatic rings. The molecule has 0 saturated heterocycles. The summed E-state index contributed by atoms with van der Waals surface area (Å²) in [5, 5.41) is 9.70. The predicted molar refractivity (Wildman–Crippen MR) is 53.0 cm³/mol. The Balaban J connectivity index is 2.78. The number of hydrogen-bond acceptors (Lipinski definition) is 4. The highest BCUT2D eigenvalue weighted by Crippen LogP contribution is 2.19. The molecular formula is C10H14N2O2. The van der Waals surface area contributed by atoms with Gasteiger partial charge in [-0.15, -0.1) is 6.58 Å². The van der Waals surface area contributed by atoms with Crippen LogP contribution in [-0.4, -0.2) is 22.2 Å². The Morgan fingerprint density at radius 1 is 1.64 bits per heavy atom.